The van der Waals surface area contributed by atoms with Gasteiger partial charge in [0, 0.05) is 11.9 Å². The maximum atomic E-state index is 10.2. The second-order valence-corrected chi connectivity index (χ2v) is 3.55. The van der Waals surface area contributed by atoms with Gasteiger partial charge in [0.2, 0.25) is 0 Å². The Labute approximate surface area is 84.5 Å². The molecular weight excluding hydrogens is 190 g/mol. The summed E-state index contributed by atoms with van der Waals surface area (Å²) in [7, 11) is 0. The van der Waals surface area contributed by atoms with Crippen LogP contribution in [0.3, 0.4) is 0 Å². The summed E-state index contributed by atoms with van der Waals surface area (Å²) in [6.45, 7) is 2.87. The lowest BCUT2D eigenvalue weighted by Gasteiger charge is -2.21. The summed E-state index contributed by atoms with van der Waals surface area (Å²) in [5.41, 5.74) is 0. The summed E-state index contributed by atoms with van der Waals surface area (Å²) in [5.74, 6) is 0.0272. The van der Waals surface area contributed by atoms with Gasteiger partial charge in [0.25, 0.3) is 0 Å². The van der Waals surface area contributed by atoms with Crippen molar-refractivity contribution in [1.29, 1.82) is 0 Å². The second-order valence-electron chi connectivity index (χ2n) is 3.01. The number of halogens is 1. The maximum absolute atomic E-state index is 10.2. The van der Waals surface area contributed by atoms with E-state index < -0.39 is 5.97 Å². The molecule has 0 aliphatic carbocycles. The highest BCUT2D eigenvalue weighted by Crippen LogP contribution is 2.09. The Morgan fingerprint density at radius 2 is 2.23 bits per heavy atom. The molecule has 1 aliphatic heterocycles. The van der Waals surface area contributed by atoms with Crippen LogP contribution < -0.4 is 5.32 Å². The van der Waals surface area contributed by atoms with Gasteiger partial charge < -0.3 is 10.4 Å². The van der Waals surface area contributed by atoms with E-state index in [2.05, 4.69) is 5.32 Å². The number of hydrogen-bond donors (Lipinski definition) is 2. The average Bonchev–Trinajstić information content (AvgIpc) is 2.06. The minimum Gasteiger partial charge on any atom is -0.481 e. The predicted molar refractivity (Wildman–Crippen MR) is 54.3 cm³/mol. The number of aliphatic carboxylic acids is 1. The summed E-state index contributed by atoms with van der Waals surface area (Å²) < 4.78 is 0. The monoisotopic (exact) mass is 207 g/mol. The number of alkyl halides is 1. The van der Waals surface area contributed by atoms with Gasteiger partial charge >= 0.3 is 5.97 Å². The van der Waals surface area contributed by atoms with Gasteiger partial charge in [-0.3, -0.25) is 4.79 Å². The minimum absolute atomic E-state index is 0.228. The first-order chi connectivity index (χ1) is 6.20. The van der Waals surface area contributed by atoms with E-state index in [9.17, 15) is 4.79 Å². The van der Waals surface area contributed by atoms with Crippen LogP contribution in [0.25, 0.3) is 0 Å². The fourth-order valence-corrected chi connectivity index (χ4v) is 1.31. The molecule has 1 saturated heterocycles. The molecule has 0 aromatic heterocycles. The van der Waals surface area contributed by atoms with Gasteiger partial charge in [-0.1, -0.05) is 13.3 Å². The molecule has 1 atom stereocenters. The molecule has 1 fully saturated rings. The minimum atomic E-state index is -0.695. The molecule has 13 heavy (non-hydrogen) atoms. The zero-order valence-corrected chi connectivity index (χ0v) is 8.81. The van der Waals surface area contributed by atoms with E-state index in [4.69, 9.17) is 16.7 Å². The van der Waals surface area contributed by atoms with Crippen LogP contribution in [0.5, 0.6) is 0 Å². The summed E-state index contributed by atoms with van der Waals surface area (Å²) in [4.78, 5) is 10.2. The van der Waals surface area contributed by atoms with Crippen molar-refractivity contribution in [3.63, 3.8) is 0 Å². The van der Waals surface area contributed by atoms with Crippen molar-refractivity contribution in [3.8, 4) is 0 Å². The van der Waals surface area contributed by atoms with Crippen LogP contribution in [0.1, 0.15) is 32.6 Å². The number of carbonyl (C=O) groups is 1. The molecular formula is C9H18ClNO2. The van der Waals surface area contributed by atoms with E-state index in [-0.39, 0.29) is 12.5 Å². The average molecular weight is 208 g/mol. The third-order valence-electron chi connectivity index (χ3n) is 1.83. The van der Waals surface area contributed by atoms with Crippen LogP contribution in [0, 0.1) is 0 Å². The molecule has 1 heterocycles. The van der Waals surface area contributed by atoms with Crippen molar-refractivity contribution in [2.24, 2.45) is 0 Å². The first-order valence-electron chi connectivity index (χ1n) is 4.71. The molecule has 0 aromatic carbocycles. The Morgan fingerprint density at radius 1 is 1.62 bits per heavy atom. The van der Waals surface area contributed by atoms with Crippen molar-refractivity contribution in [2.75, 3.05) is 12.4 Å². The van der Waals surface area contributed by atoms with Gasteiger partial charge in [0.05, 0.1) is 6.42 Å². The molecule has 4 heteroatoms. The van der Waals surface area contributed by atoms with E-state index in [0.717, 1.165) is 18.8 Å². The second kappa shape index (κ2) is 8.32. The molecule has 0 saturated carbocycles. The van der Waals surface area contributed by atoms with Crippen LogP contribution in [0.4, 0.5) is 0 Å². The normalized spacial score (nSPS) is 21.5. The first kappa shape index (κ1) is 12.7. The standard InChI is InChI=1S/C7H13NO2.C2H5Cl/c9-7(10)5-6-3-1-2-4-8-6;1-2-3/h6,8H,1-5H2,(H,9,10);2H2,1H3. The molecule has 0 amide bonds. The Balaban J connectivity index is 0.000000424. The quantitative estimate of drug-likeness (QED) is 0.680. The lowest BCUT2D eigenvalue weighted by atomic mass is 10.0. The number of carboxylic acids is 1. The summed E-state index contributed by atoms with van der Waals surface area (Å²) in [6, 6.07) is 0.228. The van der Waals surface area contributed by atoms with Crippen molar-refractivity contribution in [2.45, 2.75) is 38.6 Å². The van der Waals surface area contributed by atoms with E-state index >= 15 is 0 Å². The van der Waals surface area contributed by atoms with Crippen LogP contribution in [0.2, 0.25) is 0 Å². The van der Waals surface area contributed by atoms with Crippen LogP contribution in [0.15, 0.2) is 0 Å². The van der Waals surface area contributed by atoms with Gasteiger partial charge in [-0.05, 0) is 19.4 Å². The summed E-state index contributed by atoms with van der Waals surface area (Å²) >= 11 is 5.00. The number of hydrogen-bond acceptors (Lipinski definition) is 2. The summed E-state index contributed by atoms with van der Waals surface area (Å²) in [5, 5.41) is 11.6. The number of nitrogens with one attached hydrogen (secondary N) is 1. The fraction of sp³-hybridized carbons (Fsp3) is 0.889. The SMILES string of the molecule is CCCl.O=C(O)CC1CCCCN1. The maximum Gasteiger partial charge on any atom is 0.304 e. The number of rotatable bonds is 2. The molecule has 3 nitrogen and oxygen atoms in total. The van der Waals surface area contributed by atoms with Crippen molar-refractivity contribution in [3.05, 3.63) is 0 Å². The number of piperidine rings is 1. The smallest absolute Gasteiger partial charge is 0.304 e. The van der Waals surface area contributed by atoms with Gasteiger partial charge in [0.1, 0.15) is 0 Å². The van der Waals surface area contributed by atoms with Crippen molar-refractivity contribution < 1.29 is 9.90 Å². The molecule has 1 aliphatic rings. The highest BCUT2D eigenvalue weighted by Gasteiger charge is 2.14. The molecule has 78 valence electrons. The lowest BCUT2D eigenvalue weighted by molar-refractivity contribution is -0.137. The van der Waals surface area contributed by atoms with E-state index in [0.29, 0.717) is 0 Å². The fourth-order valence-electron chi connectivity index (χ4n) is 1.31. The zero-order valence-electron chi connectivity index (χ0n) is 8.05. The highest BCUT2D eigenvalue weighted by molar-refractivity contribution is 6.17. The Morgan fingerprint density at radius 3 is 2.62 bits per heavy atom. The summed E-state index contributed by atoms with van der Waals surface area (Å²) in [6.07, 6.45) is 3.66. The largest absolute Gasteiger partial charge is 0.481 e. The molecule has 0 radical (unpaired) electrons. The topological polar surface area (TPSA) is 49.3 Å². The molecule has 0 bridgehead atoms. The van der Waals surface area contributed by atoms with E-state index in [1.165, 1.54) is 12.8 Å². The highest BCUT2D eigenvalue weighted by atomic mass is 35.5. The van der Waals surface area contributed by atoms with Gasteiger partial charge in [-0.15, -0.1) is 11.6 Å². The van der Waals surface area contributed by atoms with Crippen LogP contribution >= 0.6 is 11.6 Å². The Bertz CT molecular complexity index is 136. The van der Waals surface area contributed by atoms with Crippen molar-refractivity contribution >= 4 is 17.6 Å². The van der Waals surface area contributed by atoms with Crippen LogP contribution in [-0.4, -0.2) is 29.5 Å². The molecule has 1 unspecified atom stereocenters. The number of carboxylic acid groups (broad SMARTS) is 1. The van der Waals surface area contributed by atoms with Gasteiger partial charge in [-0.2, -0.15) is 0 Å². The molecule has 0 aromatic rings. The Kier molecular flexibility index (Phi) is 8.14. The third-order valence-corrected chi connectivity index (χ3v) is 1.83. The van der Waals surface area contributed by atoms with Gasteiger partial charge in [-0.25, -0.2) is 0 Å². The third kappa shape index (κ3) is 8.06. The Hall–Kier alpha value is -0.280. The zero-order chi connectivity index (χ0) is 10.1. The molecule has 0 spiro atoms. The first-order valence-corrected chi connectivity index (χ1v) is 5.25. The lowest BCUT2D eigenvalue weighted by Crippen LogP contribution is -2.35. The van der Waals surface area contributed by atoms with Gasteiger partial charge in [0.15, 0.2) is 0 Å². The van der Waals surface area contributed by atoms with Crippen LogP contribution in [-0.2, 0) is 4.79 Å². The predicted octanol–water partition coefficient (Wildman–Crippen LogP) is 1.85. The molecule has 1 rings (SSSR count). The van der Waals surface area contributed by atoms with E-state index in [1.54, 1.807) is 0 Å². The molecule has 2 N–H and O–H groups in total. The van der Waals surface area contributed by atoms with E-state index in [1.807, 2.05) is 6.92 Å². The van der Waals surface area contributed by atoms with Crippen molar-refractivity contribution in [1.82, 2.24) is 5.32 Å².